The van der Waals surface area contributed by atoms with Crippen molar-refractivity contribution in [3.05, 3.63) is 0 Å². The van der Waals surface area contributed by atoms with Gasteiger partial charge < -0.3 is 10.0 Å². The highest BCUT2D eigenvalue weighted by Gasteiger charge is 2.23. The molecular weight excluding hydrogens is 162 g/mol. The Balaban J connectivity index is 2.34. The van der Waals surface area contributed by atoms with Gasteiger partial charge in [-0.1, -0.05) is 32.1 Å². The van der Waals surface area contributed by atoms with Crippen molar-refractivity contribution in [3.8, 4) is 0 Å². The zero-order valence-corrected chi connectivity index (χ0v) is 9.00. The molecule has 0 amide bonds. The standard InChI is InChI=1S/C11H23NO/c1-12(2)8-11(9-13)10-6-4-3-5-7-10/h10-11,13H,3-9H2,1-2H3. The maximum absolute atomic E-state index is 9.30. The Morgan fingerprint density at radius 2 is 1.85 bits per heavy atom. The van der Waals surface area contributed by atoms with Crippen LogP contribution in [0, 0.1) is 11.8 Å². The van der Waals surface area contributed by atoms with E-state index >= 15 is 0 Å². The Hall–Kier alpha value is -0.0800. The highest BCUT2D eigenvalue weighted by molar-refractivity contribution is 4.75. The second-order valence-corrected chi connectivity index (χ2v) is 4.60. The Labute approximate surface area is 81.9 Å². The first-order valence-corrected chi connectivity index (χ1v) is 5.49. The minimum Gasteiger partial charge on any atom is -0.396 e. The third-order valence-corrected chi connectivity index (χ3v) is 3.15. The van der Waals surface area contributed by atoms with E-state index in [4.69, 9.17) is 0 Å². The molecule has 1 unspecified atom stereocenters. The van der Waals surface area contributed by atoms with Crippen molar-refractivity contribution in [1.29, 1.82) is 0 Å². The average molecular weight is 185 g/mol. The largest absolute Gasteiger partial charge is 0.396 e. The molecule has 1 N–H and O–H groups in total. The molecule has 0 bridgehead atoms. The summed E-state index contributed by atoms with van der Waals surface area (Å²) >= 11 is 0. The van der Waals surface area contributed by atoms with E-state index < -0.39 is 0 Å². The molecule has 0 aromatic rings. The highest BCUT2D eigenvalue weighted by atomic mass is 16.3. The maximum atomic E-state index is 9.30. The van der Waals surface area contributed by atoms with Crippen LogP contribution in [0.4, 0.5) is 0 Å². The summed E-state index contributed by atoms with van der Waals surface area (Å²) in [5.74, 6) is 1.29. The van der Waals surface area contributed by atoms with Gasteiger partial charge in [-0.3, -0.25) is 0 Å². The third-order valence-electron chi connectivity index (χ3n) is 3.15. The van der Waals surface area contributed by atoms with Gasteiger partial charge >= 0.3 is 0 Å². The molecule has 1 fully saturated rings. The summed E-state index contributed by atoms with van der Waals surface area (Å²) in [5.41, 5.74) is 0. The fraction of sp³-hybridized carbons (Fsp3) is 1.00. The number of nitrogens with zero attached hydrogens (tertiary/aromatic N) is 1. The maximum Gasteiger partial charge on any atom is 0.0474 e. The van der Waals surface area contributed by atoms with E-state index in [0.717, 1.165) is 12.5 Å². The van der Waals surface area contributed by atoms with E-state index in [2.05, 4.69) is 19.0 Å². The van der Waals surface area contributed by atoms with Crippen molar-refractivity contribution < 1.29 is 5.11 Å². The zero-order valence-electron chi connectivity index (χ0n) is 9.00. The first kappa shape index (κ1) is 11.0. The molecule has 1 aliphatic rings. The van der Waals surface area contributed by atoms with E-state index in [-0.39, 0.29) is 0 Å². The van der Waals surface area contributed by atoms with Gasteiger partial charge in [0.1, 0.15) is 0 Å². The van der Waals surface area contributed by atoms with Gasteiger partial charge in [-0.05, 0) is 25.9 Å². The van der Waals surface area contributed by atoms with E-state index in [9.17, 15) is 5.11 Å². The molecule has 0 spiro atoms. The summed E-state index contributed by atoms with van der Waals surface area (Å²) < 4.78 is 0. The van der Waals surface area contributed by atoms with E-state index in [1.807, 2.05) is 0 Å². The van der Waals surface area contributed by atoms with Gasteiger partial charge in [-0.2, -0.15) is 0 Å². The lowest BCUT2D eigenvalue weighted by atomic mass is 9.80. The lowest BCUT2D eigenvalue weighted by Crippen LogP contribution is -2.31. The summed E-state index contributed by atoms with van der Waals surface area (Å²) in [7, 11) is 4.18. The van der Waals surface area contributed by atoms with Crippen LogP contribution in [0.3, 0.4) is 0 Å². The van der Waals surface area contributed by atoms with Crippen LogP contribution < -0.4 is 0 Å². The second kappa shape index (κ2) is 5.61. The van der Waals surface area contributed by atoms with Crippen molar-refractivity contribution >= 4 is 0 Å². The van der Waals surface area contributed by atoms with Crippen LogP contribution in [0.25, 0.3) is 0 Å². The predicted octanol–water partition coefficient (Wildman–Crippen LogP) is 1.74. The number of rotatable bonds is 4. The molecule has 2 nitrogen and oxygen atoms in total. The van der Waals surface area contributed by atoms with Gasteiger partial charge in [0.05, 0.1) is 0 Å². The van der Waals surface area contributed by atoms with Crippen LogP contribution in [0.5, 0.6) is 0 Å². The summed E-state index contributed by atoms with van der Waals surface area (Å²) in [5, 5.41) is 9.30. The summed E-state index contributed by atoms with van der Waals surface area (Å²) in [6, 6.07) is 0. The minimum absolute atomic E-state index is 0.364. The molecule has 1 rings (SSSR count). The van der Waals surface area contributed by atoms with Gasteiger partial charge in [0.15, 0.2) is 0 Å². The minimum atomic E-state index is 0.364. The Kier molecular flexibility index (Phi) is 4.74. The molecule has 0 aliphatic heterocycles. The second-order valence-electron chi connectivity index (χ2n) is 4.60. The monoisotopic (exact) mass is 185 g/mol. The van der Waals surface area contributed by atoms with Gasteiger partial charge in [-0.15, -0.1) is 0 Å². The van der Waals surface area contributed by atoms with Crippen molar-refractivity contribution in [1.82, 2.24) is 4.90 Å². The van der Waals surface area contributed by atoms with Gasteiger partial charge in [0, 0.05) is 13.2 Å². The molecule has 1 atom stereocenters. The van der Waals surface area contributed by atoms with Gasteiger partial charge in [0.25, 0.3) is 0 Å². The molecule has 2 heteroatoms. The van der Waals surface area contributed by atoms with E-state index in [0.29, 0.717) is 12.5 Å². The summed E-state index contributed by atoms with van der Waals surface area (Å²) in [6.07, 6.45) is 6.80. The Morgan fingerprint density at radius 1 is 1.23 bits per heavy atom. The molecule has 13 heavy (non-hydrogen) atoms. The van der Waals surface area contributed by atoms with E-state index in [1.54, 1.807) is 0 Å². The van der Waals surface area contributed by atoms with Crippen LogP contribution in [0.2, 0.25) is 0 Å². The lowest BCUT2D eigenvalue weighted by molar-refractivity contribution is 0.121. The quantitative estimate of drug-likeness (QED) is 0.721. The number of aliphatic hydroxyl groups is 1. The van der Waals surface area contributed by atoms with Crippen molar-refractivity contribution in [2.45, 2.75) is 32.1 Å². The fourth-order valence-electron chi connectivity index (χ4n) is 2.43. The van der Waals surface area contributed by atoms with Crippen LogP contribution in [-0.4, -0.2) is 37.3 Å². The topological polar surface area (TPSA) is 23.5 Å². The predicted molar refractivity (Wildman–Crippen MR) is 55.7 cm³/mol. The molecule has 0 aromatic carbocycles. The molecule has 0 saturated heterocycles. The van der Waals surface area contributed by atoms with Crippen molar-refractivity contribution in [2.24, 2.45) is 11.8 Å². The molecule has 1 saturated carbocycles. The van der Waals surface area contributed by atoms with Crippen LogP contribution in [0.1, 0.15) is 32.1 Å². The van der Waals surface area contributed by atoms with E-state index in [1.165, 1.54) is 32.1 Å². The first-order chi connectivity index (χ1) is 6.24. The average Bonchev–Trinajstić information content (AvgIpc) is 2.15. The summed E-state index contributed by atoms with van der Waals surface area (Å²) in [6.45, 7) is 1.41. The fourth-order valence-corrected chi connectivity index (χ4v) is 2.43. The lowest BCUT2D eigenvalue weighted by Gasteiger charge is -2.30. The summed E-state index contributed by atoms with van der Waals surface area (Å²) in [4.78, 5) is 2.19. The van der Waals surface area contributed by atoms with Gasteiger partial charge in [0.2, 0.25) is 0 Å². The highest BCUT2D eigenvalue weighted by Crippen LogP contribution is 2.29. The molecule has 0 aromatic heterocycles. The molecular formula is C11H23NO. The van der Waals surface area contributed by atoms with Crippen LogP contribution in [-0.2, 0) is 0 Å². The van der Waals surface area contributed by atoms with Gasteiger partial charge in [-0.25, -0.2) is 0 Å². The first-order valence-electron chi connectivity index (χ1n) is 5.49. The smallest absolute Gasteiger partial charge is 0.0474 e. The SMILES string of the molecule is CN(C)CC(CO)C1CCCCC1. The third kappa shape index (κ3) is 3.65. The number of aliphatic hydroxyl groups excluding tert-OH is 1. The van der Waals surface area contributed by atoms with Crippen molar-refractivity contribution in [3.63, 3.8) is 0 Å². The Morgan fingerprint density at radius 3 is 2.31 bits per heavy atom. The molecule has 0 radical (unpaired) electrons. The zero-order chi connectivity index (χ0) is 9.68. The van der Waals surface area contributed by atoms with Crippen LogP contribution >= 0.6 is 0 Å². The number of hydrogen-bond acceptors (Lipinski definition) is 2. The normalized spacial score (nSPS) is 22.2. The Bertz CT molecular complexity index is 130. The molecule has 78 valence electrons. The molecule has 0 heterocycles. The molecule has 1 aliphatic carbocycles. The van der Waals surface area contributed by atoms with Crippen molar-refractivity contribution in [2.75, 3.05) is 27.2 Å². The van der Waals surface area contributed by atoms with Crippen LogP contribution in [0.15, 0.2) is 0 Å². The number of hydrogen-bond donors (Lipinski definition) is 1.